The van der Waals surface area contributed by atoms with Gasteiger partial charge >= 0.3 is 6.03 Å². The van der Waals surface area contributed by atoms with E-state index in [0.717, 1.165) is 10.5 Å². The van der Waals surface area contributed by atoms with Crippen molar-refractivity contribution in [2.45, 2.75) is 25.3 Å². The van der Waals surface area contributed by atoms with Gasteiger partial charge in [0.05, 0.1) is 12.8 Å². The first-order valence-corrected chi connectivity index (χ1v) is 9.31. The van der Waals surface area contributed by atoms with Gasteiger partial charge < -0.3 is 20.5 Å². The lowest BCUT2D eigenvalue weighted by atomic mass is 10.1. The molecule has 8 nitrogen and oxygen atoms in total. The fraction of sp³-hybridized carbons (Fsp3) is 0.286. The van der Waals surface area contributed by atoms with Crippen LogP contribution in [0.15, 0.2) is 48.5 Å². The van der Waals surface area contributed by atoms with E-state index in [2.05, 4.69) is 10.6 Å². The molecule has 4 amide bonds. The highest BCUT2D eigenvalue weighted by atomic mass is 16.5. The van der Waals surface area contributed by atoms with Crippen molar-refractivity contribution in [3.8, 4) is 11.5 Å². The average molecular weight is 397 g/mol. The molecule has 0 radical (unpaired) electrons. The first-order valence-electron chi connectivity index (χ1n) is 9.31. The first kappa shape index (κ1) is 20.2. The van der Waals surface area contributed by atoms with Gasteiger partial charge in [-0.3, -0.25) is 9.59 Å². The second-order valence-electron chi connectivity index (χ2n) is 6.68. The second kappa shape index (κ2) is 9.09. The number of aromatic hydroxyl groups is 1. The molecule has 1 saturated heterocycles. The molecule has 1 aliphatic rings. The van der Waals surface area contributed by atoms with Crippen LogP contribution in [0, 0.1) is 0 Å². The highest BCUT2D eigenvalue weighted by molar-refractivity contribution is 6.21. The summed E-state index contributed by atoms with van der Waals surface area (Å²) >= 11 is 0. The Morgan fingerprint density at radius 1 is 1.14 bits per heavy atom. The summed E-state index contributed by atoms with van der Waals surface area (Å²) in [6, 6.07) is 12.2. The average Bonchev–Trinajstić information content (AvgIpc) is 3.01. The number of urea groups is 1. The van der Waals surface area contributed by atoms with Gasteiger partial charge in [0.1, 0.15) is 17.5 Å². The van der Waals surface area contributed by atoms with Crippen LogP contribution < -0.4 is 20.3 Å². The summed E-state index contributed by atoms with van der Waals surface area (Å²) < 4.78 is 5.08. The maximum Gasteiger partial charge on any atom is 0.329 e. The Hall–Kier alpha value is -3.55. The summed E-state index contributed by atoms with van der Waals surface area (Å²) in [4.78, 5) is 37.9. The third-order valence-electron chi connectivity index (χ3n) is 4.68. The largest absolute Gasteiger partial charge is 0.508 e. The number of phenols is 1. The number of carbonyl (C=O) groups is 3. The topological polar surface area (TPSA) is 108 Å². The third-order valence-corrected chi connectivity index (χ3v) is 4.68. The number of nitrogens with one attached hydrogen (secondary N) is 2. The molecule has 1 heterocycles. The number of anilines is 1. The quantitative estimate of drug-likeness (QED) is 0.590. The highest BCUT2D eigenvalue weighted by Crippen LogP contribution is 2.23. The molecule has 1 atom stereocenters. The van der Waals surface area contributed by atoms with Crippen LogP contribution in [0.3, 0.4) is 0 Å². The molecule has 3 N–H and O–H groups in total. The molecule has 0 spiro atoms. The number of amides is 4. The molecule has 29 heavy (non-hydrogen) atoms. The molecular weight excluding hydrogens is 374 g/mol. The van der Waals surface area contributed by atoms with Gasteiger partial charge in [0, 0.05) is 13.0 Å². The summed E-state index contributed by atoms with van der Waals surface area (Å²) in [5, 5.41) is 14.7. The van der Waals surface area contributed by atoms with Gasteiger partial charge in [0.2, 0.25) is 5.91 Å². The van der Waals surface area contributed by atoms with Gasteiger partial charge in [-0.15, -0.1) is 0 Å². The summed E-state index contributed by atoms with van der Waals surface area (Å²) in [6.45, 7) is 0.451. The molecule has 0 saturated carbocycles. The zero-order valence-corrected chi connectivity index (χ0v) is 16.1. The molecule has 0 aliphatic carbocycles. The van der Waals surface area contributed by atoms with Gasteiger partial charge in [0.15, 0.2) is 0 Å². The Balaban J connectivity index is 1.46. The van der Waals surface area contributed by atoms with E-state index in [0.29, 0.717) is 24.4 Å². The molecule has 3 rings (SSSR count). The number of imide groups is 1. The van der Waals surface area contributed by atoms with E-state index in [4.69, 9.17) is 4.74 Å². The summed E-state index contributed by atoms with van der Waals surface area (Å²) in [5.41, 5.74) is 1.45. The van der Waals surface area contributed by atoms with Crippen molar-refractivity contribution >= 4 is 23.5 Å². The lowest BCUT2D eigenvalue weighted by Gasteiger charge is -2.13. The zero-order chi connectivity index (χ0) is 20.8. The van der Waals surface area contributed by atoms with E-state index in [-0.39, 0.29) is 30.4 Å². The number of benzene rings is 2. The predicted molar refractivity (Wildman–Crippen MR) is 107 cm³/mol. The Bertz CT molecular complexity index is 880. The number of ether oxygens (including phenoxy) is 1. The summed E-state index contributed by atoms with van der Waals surface area (Å²) in [5.74, 6) is 0.261. The van der Waals surface area contributed by atoms with Crippen molar-refractivity contribution in [3.05, 3.63) is 54.1 Å². The van der Waals surface area contributed by atoms with Crippen LogP contribution in [0.5, 0.6) is 11.5 Å². The number of rotatable bonds is 8. The summed E-state index contributed by atoms with van der Waals surface area (Å²) in [7, 11) is 1.54. The Labute approximate surface area is 168 Å². The number of phenolic OH excluding ortho intramolecular Hbond substituents is 1. The van der Waals surface area contributed by atoms with Crippen molar-refractivity contribution in [2.24, 2.45) is 0 Å². The van der Waals surface area contributed by atoms with Crippen molar-refractivity contribution in [2.75, 3.05) is 18.6 Å². The van der Waals surface area contributed by atoms with Crippen molar-refractivity contribution < 1.29 is 24.2 Å². The highest BCUT2D eigenvalue weighted by Gasteiger charge is 2.38. The van der Waals surface area contributed by atoms with Crippen LogP contribution >= 0.6 is 0 Å². The second-order valence-corrected chi connectivity index (χ2v) is 6.68. The van der Waals surface area contributed by atoms with Gasteiger partial charge in [-0.05, 0) is 54.8 Å². The van der Waals surface area contributed by atoms with Gasteiger partial charge in [-0.1, -0.05) is 12.1 Å². The fourth-order valence-electron chi connectivity index (χ4n) is 3.08. The first-order chi connectivity index (χ1) is 14.0. The monoisotopic (exact) mass is 397 g/mol. The van der Waals surface area contributed by atoms with Crippen LogP contribution in [0.1, 0.15) is 18.4 Å². The van der Waals surface area contributed by atoms with Crippen molar-refractivity contribution in [1.29, 1.82) is 0 Å². The maximum absolute atomic E-state index is 12.6. The fourth-order valence-corrected chi connectivity index (χ4v) is 3.08. The van der Waals surface area contributed by atoms with Crippen LogP contribution in [-0.4, -0.2) is 42.6 Å². The van der Waals surface area contributed by atoms with E-state index in [1.165, 1.54) is 7.11 Å². The minimum absolute atomic E-state index is 0.128. The van der Waals surface area contributed by atoms with E-state index in [1.807, 2.05) is 0 Å². The van der Waals surface area contributed by atoms with Crippen LogP contribution in [-0.2, 0) is 16.0 Å². The lowest BCUT2D eigenvalue weighted by Crippen LogP contribution is -2.33. The molecule has 2 aromatic rings. The van der Waals surface area contributed by atoms with Crippen LogP contribution in [0.25, 0.3) is 0 Å². The van der Waals surface area contributed by atoms with Crippen LogP contribution in [0.2, 0.25) is 0 Å². The number of nitrogens with zero attached hydrogens (tertiary/aromatic N) is 1. The number of carbonyl (C=O) groups excluding carboxylic acids is 3. The molecule has 0 aromatic heterocycles. The summed E-state index contributed by atoms with van der Waals surface area (Å²) in [6.07, 6.45) is 0.987. The molecule has 1 fully saturated rings. The number of methoxy groups -OCH3 is 1. The Morgan fingerprint density at radius 3 is 2.48 bits per heavy atom. The van der Waals surface area contributed by atoms with Gasteiger partial charge in [-0.25, -0.2) is 9.69 Å². The van der Waals surface area contributed by atoms with Crippen molar-refractivity contribution in [3.63, 3.8) is 0 Å². The van der Waals surface area contributed by atoms with E-state index < -0.39 is 12.1 Å². The molecule has 2 aromatic carbocycles. The van der Waals surface area contributed by atoms with Gasteiger partial charge in [0.25, 0.3) is 5.91 Å². The standard InChI is InChI=1S/C21H23N3O5/c1-29-17-8-4-15(5-9-17)24-20(27)18(23-21(24)28)10-11-19(26)22-13-12-14-2-6-16(25)7-3-14/h2-9,18,25H,10-13H2,1H3,(H,22,26)(H,23,28). The lowest BCUT2D eigenvalue weighted by molar-refractivity contribution is -0.121. The molecule has 1 aliphatic heterocycles. The Morgan fingerprint density at radius 2 is 1.83 bits per heavy atom. The molecule has 8 heteroatoms. The zero-order valence-electron chi connectivity index (χ0n) is 16.1. The molecule has 1 unspecified atom stereocenters. The normalized spacial score (nSPS) is 15.9. The Kier molecular flexibility index (Phi) is 6.33. The van der Waals surface area contributed by atoms with Crippen molar-refractivity contribution in [1.82, 2.24) is 10.6 Å². The third kappa shape index (κ3) is 5.04. The molecular formula is C21H23N3O5. The van der Waals surface area contributed by atoms with Gasteiger partial charge in [-0.2, -0.15) is 0 Å². The minimum Gasteiger partial charge on any atom is -0.508 e. The maximum atomic E-state index is 12.6. The number of hydrogen-bond donors (Lipinski definition) is 3. The SMILES string of the molecule is COc1ccc(N2C(=O)NC(CCC(=O)NCCc3ccc(O)cc3)C2=O)cc1. The molecule has 152 valence electrons. The van der Waals surface area contributed by atoms with E-state index in [9.17, 15) is 19.5 Å². The van der Waals surface area contributed by atoms with E-state index in [1.54, 1.807) is 48.5 Å². The van der Waals surface area contributed by atoms with Crippen LogP contribution in [0.4, 0.5) is 10.5 Å². The predicted octanol–water partition coefficient (Wildman–Crippen LogP) is 1.96. The van der Waals surface area contributed by atoms with E-state index >= 15 is 0 Å². The smallest absolute Gasteiger partial charge is 0.329 e. The number of hydrogen-bond acceptors (Lipinski definition) is 5. The molecule has 0 bridgehead atoms. The minimum atomic E-state index is -0.729.